The molecular weight excluding hydrogens is 296 g/mol. The van der Waals surface area contributed by atoms with Gasteiger partial charge in [-0.05, 0) is 26.1 Å². The van der Waals surface area contributed by atoms with Gasteiger partial charge in [0.15, 0.2) is 11.5 Å². The number of hydrogen-bond acceptors (Lipinski definition) is 5. The molecule has 6 nitrogen and oxygen atoms in total. The number of benzene rings is 1. The van der Waals surface area contributed by atoms with Crippen molar-refractivity contribution >= 4 is 18.3 Å². The largest absolute Gasteiger partial charge is 0.493 e. The Morgan fingerprint density at radius 3 is 2.76 bits per heavy atom. The van der Waals surface area contributed by atoms with Crippen LogP contribution < -0.4 is 24.8 Å². The first-order chi connectivity index (χ1) is 9.65. The molecule has 7 heteroatoms. The van der Waals surface area contributed by atoms with Crippen molar-refractivity contribution in [3.63, 3.8) is 0 Å². The van der Waals surface area contributed by atoms with E-state index in [1.54, 1.807) is 19.2 Å². The van der Waals surface area contributed by atoms with Crippen LogP contribution in [0.1, 0.15) is 17.3 Å². The Kier molecular flexibility index (Phi) is 6.58. The van der Waals surface area contributed by atoms with Gasteiger partial charge in [0.05, 0.1) is 7.11 Å². The van der Waals surface area contributed by atoms with Gasteiger partial charge in [0.1, 0.15) is 13.2 Å². The van der Waals surface area contributed by atoms with Crippen molar-refractivity contribution < 1.29 is 19.0 Å². The zero-order valence-electron chi connectivity index (χ0n) is 12.4. The molecule has 1 unspecified atom stereocenters. The molecule has 0 bridgehead atoms. The Morgan fingerprint density at radius 1 is 1.38 bits per heavy atom. The first-order valence-electron chi connectivity index (χ1n) is 6.58. The van der Waals surface area contributed by atoms with Crippen molar-refractivity contribution in [3.8, 4) is 17.2 Å². The first-order valence-corrected chi connectivity index (χ1v) is 6.58. The predicted molar refractivity (Wildman–Crippen MR) is 82.1 cm³/mol. The van der Waals surface area contributed by atoms with Gasteiger partial charge < -0.3 is 24.8 Å². The number of carbonyl (C=O) groups is 1. The molecule has 1 atom stereocenters. The summed E-state index contributed by atoms with van der Waals surface area (Å²) in [6.45, 7) is 3.49. The van der Waals surface area contributed by atoms with Crippen LogP contribution in [0.25, 0.3) is 0 Å². The third kappa shape index (κ3) is 4.15. The maximum atomic E-state index is 12.1. The number of halogens is 1. The second-order valence-corrected chi connectivity index (χ2v) is 4.60. The topological polar surface area (TPSA) is 68.8 Å². The van der Waals surface area contributed by atoms with E-state index >= 15 is 0 Å². The molecule has 1 aromatic rings. The highest BCUT2D eigenvalue weighted by atomic mass is 35.5. The number of fused-ring (bicyclic) bond motifs is 1. The minimum atomic E-state index is -0.164. The van der Waals surface area contributed by atoms with Gasteiger partial charge in [0.2, 0.25) is 5.75 Å². The van der Waals surface area contributed by atoms with Crippen molar-refractivity contribution in [3.05, 3.63) is 17.7 Å². The van der Waals surface area contributed by atoms with E-state index in [4.69, 9.17) is 14.2 Å². The van der Waals surface area contributed by atoms with E-state index in [2.05, 4.69) is 10.6 Å². The molecule has 0 saturated carbocycles. The number of carbonyl (C=O) groups excluding carboxylic acids is 1. The van der Waals surface area contributed by atoms with Crippen molar-refractivity contribution in [2.75, 3.05) is 33.9 Å². The molecule has 0 spiro atoms. The van der Waals surface area contributed by atoms with Crippen LogP contribution in [0.3, 0.4) is 0 Å². The molecule has 0 aromatic heterocycles. The second-order valence-electron chi connectivity index (χ2n) is 4.60. The zero-order valence-corrected chi connectivity index (χ0v) is 13.2. The molecule has 1 aliphatic rings. The summed E-state index contributed by atoms with van der Waals surface area (Å²) >= 11 is 0. The molecule has 118 valence electrons. The van der Waals surface area contributed by atoms with Crippen molar-refractivity contribution in [1.82, 2.24) is 10.6 Å². The number of amides is 1. The van der Waals surface area contributed by atoms with E-state index in [-0.39, 0.29) is 24.4 Å². The Morgan fingerprint density at radius 2 is 2.10 bits per heavy atom. The maximum absolute atomic E-state index is 12.1. The number of methoxy groups -OCH3 is 1. The minimum Gasteiger partial charge on any atom is -0.493 e. The summed E-state index contributed by atoms with van der Waals surface area (Å²) < 4.78 is 16.3. The molecule has 1 aromatic carbocycles. The number of likely N-dealkylation sites (N-methyl/N-ethyl adjacent to an activating group) is 1. The standard InChI is InChI=1S/C14H20N2O4.ClH/c1-9(15-2)8-16-14(17)10-6-11(18-3)13-12(7-10)19-4-5-20-13;/h6-7,9,15H,4-5,8H2,1-3H3,(H,16,17);1H. The molecule has 1 amide bonds. The van der Waals surface area contributed by atoms with Crippen LogP contribution in [0, 0.1) is 0 Å². The van der Waals surface area contributed by atoms with Gasteiger partial charge in [-0.1, -0.05) is 0 Å². The molecule has 2 rings (SSSR count). The number of rotatable bonds is 5. The van der Waals surface area contributed by atoms with Crippen molar-refractivity contribution in [2.24, 2.45) is 0 Å². The van der Waals surface area contributed by atoms with Gasteiger partial charge >= 0.3 is 0 Å². The number of ether oxygens (including phenoxy) is 3. The molecule has 1 heterocycles. The lowest BCUT2D eigenvalue weighted by atomic mass is 10.1. The van der Waals surface area contributed by atoms with Gasteiger partial charge in [-0.2, -0.15) is 0 Å². The smallest absolute Gasteiger partial charge is 0.251 e. The predicted octanol–water partition coefficient (Wildman–Crippen LogP) is 1.23. The number of hydrogen-bond donors (Lipinski definition) is 2. The van der Waals surface area contributed by atoms with Gasteiger partial charge in [0.25, 0.3) is 5.91 Å². The van der Waals surface area contributed by atoms with Crippen LogP contribution in [-0.4, -0.2) is 45.9 Å². The SMILES string of the molecule is CNC(C)CNC(=O)c1cc(OC)c2c(c1)OCCO2.Cl. The Bertz CT molecular complexity index is 479. The van der Waals surface area contributed by atoms with Crippen LogP contribution in [-0.2, 0) is 0 Å². The van der Waals surface area contributed by atoms with Gasteiger partial charge in [0, 0.05) is 18.2 Å². The fourth-order valence-electron chi connectivity index (χ4n) is 1.85. The fourth-order valence-corrected chi connectivity index (χ4v) is 1.85. The summed E-state index contributed by atoms with van der Waals surface area (Å²) in [6, 6.07) is 3.54. The summed E-state index contributed by atoms with van der Waals surface area (Å²) in [4.78, 5) is 12.1. The fraction of sp³-hybridized carbons (Fsp3) is 0.500. The average Bonchev–Trinajstić information content (AvgIpc) is 2.50. The van der Waals surface area contributed by atoms with Gasteiger partial charge in [-0.3, -0.25) is 4.79 Å². The van der Waals surface area contributed by atoms with E-state index in [9.17, 15) is 4.79 Å². The van der Waals surface area contributed by atoms with E-state index < -0.39 is 0 Å². The number of nitrogens with one attached hydrogen (secondary N) is 2. The molecule has 1 aliphatic heterocycles. The quantitative estimate of drug-likeness (QED) is 0.855. The lowest BCUT2D eigenvalue weighted by molar-refractivity contribution is 0.0948. The molecule has 0 fully saturated rings. The molecular formula is C14H21ClN2O4. The summed E-state index contributed by atoms with van der Waals surface area (Å²) in [5.74, 6) is 1.44. The summed E-state index contributed by atoms with van der Waals surface area (Å²) in [5.41, 5.74) is 0.495. The third-order valence-corrected chi connectivity index (χ3v) is 3.15. The monoisotopic (exact) mass is 316 g/mol. The highest BCUT2D eigenvalue weighted by molar-refractivity contribution is 5.95. The molecule has 0 radical (unpaired) electrons. The van der Waals surface area contributed by atoms with Crippen LogP contribution in [0.2, 0.25) is 0 Å². The van der Waals surface area contributed by atoms with E-state index in [0.29, 0.717) is 42.6 Å². The van der Waals surface area contributed by atoms with Gasteiger partial charge in [-0.15, -0.1) is 12.4 Å². The molecule has 21 heavy (non-hydrogen) atoms. The van der Waals surface area contributed by atoms with Crippen LogP contribution in [0.4, 0.5) is 0 Å². The summed E-state index contributed by atoms with van der Waals surface area (Å²) in [7, 11) is 3.39. The first kappa shape index (κ1) is 17.4. The van der Waals surface area contributed by atoms with Crippen molar-refractivity contribution in [1.29, 1.82) is 0 Å². The molecule has 2 N–H and O–H groups in total. The lowest BCUT2D eigenvalue weighted by Gasteiger charge is -2.21. The Balaban J connectivity index is 0.00000220. The zero-order chi connectivity index (χ0) is 14.5. The summed E-state index contributed by atoms with van der Waals surface area (Å²) in [5, 5.41) is 5.91. The lowest BCUT2D eigenvalue weighted by Crippen LogP contribution is -2.37. The van der Waals surface area contributed by atoms with Crippen LogP contribution in [0.15, 0.2) is 12.1 Å². The average molecular weight is 317 g/mol. The minimum absolute atomic E-state index is 0. The van der Waals surface area contributed by atoms with E-state index in [0.717, 1.165) is 0 Å². The normalized spacial score (nSPS) is 13.9. The third-order valence-electron chi connectivity index (χ3n) is 3.15. The summed E-state index contributed by atoms with van der Waals surface area (Å²) in [6.07, 6.45) is 0. The van der Waals surface area contributed by atoms with Crippen LogP contribution in [0.5, 0.6) is 17.2 Å². The Labute approximate surface area is 130 Å². The van der Waals surface area contributed by atoms with Crippen molar-refractivity contribution in [2.45, 2.75) is 13.0 Å². The molecule has 0 saturated heterocycles. The van der Waals surface area contributed by atoms with Crippen LogP contribution >= 0.6 is 12.4 Å². The van der Waals surface area contributed by atoms with E-state index in [1.165, 1.54) is 0 Å². The highest BCUT2D eigenvalue weighted by Gasteiger charge is 2.20. The second kappa shape index (κ2) is 7.95. The van der Waals surface area contributed by atoms with E-state index in [1.807, 2.05) is 14.0 Å². The molecule has 0 aliphatic carbocycles. The van der Waals surface area contributed by atoms with Gasteiger partial charge in [-0.25, -0.2) is 0 Å². The highest BCUT2D eigenvalue weighted by Crippen LogP contribution is 2.40. The Hall–Kier alpha value is -1.66. The maximum Gasteiger partial charge on any atom is 0.251 e.